The smallest absolute Gasteiger partial charge is 0.328 e. The highest BCUT2D eigenvalue weighted by Gasteiger charge is 2.31. The van der Waals surface area contributed by atoms with Crippen LogP contribution < -0.4 is 4.90 Å². The van der Waals surface area contributed by atoms with Gasteiger partial charge in [-0.2, -0.15) is 0 Å². The number of ether oxygens (including phenoxy) is 1. The molecule has 1 fully saturated rings. The highest BCUT2D eigenvalue weighted by molar-refractivity contribution is 5.80. The number of aryl methyl sites for hydroxylation is 1. The van der Waals surface area contributed by atoms with Crippen molar-refractivity contribution < 1.29 is 14.5 Å². The molecule has 2 heterocycles. The van der Waals surface area contributed by atoms with Gasteiger partial charge in [0.05, 0.1) is 11.5 Å². The van der Waals surface area contributed by atoms with E-state index in [-0.39, 0.29) is 17.7 Å². The largest absolute Gasteiger partial charge is 0.464 e. The molecule has 0 aliphatic carbocycles. The second-order valence-corrected chi connectivity index (χ2v) is 4.99. The molecule has 1 aliphatic heterocycles. The Balaban J connectivity index is 2.27. The van der Waals surface area contributed by atoms with E-state index in [0.29, 0.717) is 24.7 Å². The molecule has 1 unspecified atom stereocenters. The number of nitrogens with zero attached hydrogens (tertiary/aromatic N) is 3. The minimum atomic E-state index is -0.453. The van der Waals surface area contributed by atoms with Crippen LogP contribution in [0.2, 0.25) is 0 Å². The molecule has 1 aromatic rings. The van der Waals surface area contributed by atoms with Crippen LogP contribution in [0.4, 0.5) is 11.5 Å². The van der Waals surface area contributed by atoms with Crippen LogP contribution in [0, 0.1) is 17.0 Å². The van der Waals surface area contributed by atoms with Gasteiger partial charge < -0.3 is 9.64 Å². The van der Waals surface area contributed by atoms with E-state index in [4.69, 9.17) is 4.74 Å². The zero-order valence-electron chi connectivity index (χ0n) is 12.2. The Labute approximate surface area is 123 Å². The van der Waals surface area contributed by atoms with Gasteiger partial charge in [-0.15, -0.1) is 0 Å². The lowest BCUT2D eigenvalue weighted by atomic mass is 10.0. The van der Waals surface area contributed by atoms with E-state index >= 15 is 0 Å². The lowest BCUT2D eigenvalue weighted by Gasteiger charge is -2.34. The summed E-state index contributed by atoms with van der Waals surface area (Å²) in [6.07, 6.45) is 2.65. The Hall–Kier alpha value is -2.18. The van der Waals surface area contributed by atoms with Crippen molar-refractivity contribution in [3.63, 3.8) is 0 Å². The van der Waals surface area contributed by atoms with Crippen LogP contribution in [0.5, 0.6) is 0 Å². The van der Waals surface area contributed by atoms with E-state index < -0.39 is 4.92 Å². The summed E-state index contributed by atoms with van der Waals surface area (Å²) in [6, 6.07) is 2.68. The van der Waals surface area contributed by atoms with Gasteiger partial charge in [-0.25, -0.2) is 9.78 Å². The fourth-order valence-corrected chi connectivity index (χ4v) is 2.58. The topological polar surface area (TPSA) is 85.6 Å². The number of carbonyl (C=O) groups excluding carboxylic acids is 1. The molecule has 1 aliphatic rings. The summed E-state index contributed by atoms with van der Waals surface area (Å²) in [6.45, 7) is 4.42. The lowest BCUT2D eigenvalue weighted by molar-refractivity contribution is -0.385. The summed E-state index contributed by atoms with van der Waals surface area (Å²) in [4.78, 5) is 28.6. The summed E-state index contributed by atoms with van der Waals surface area (Å²) in [5.41, 5.74) is 0.342. The number of piperidine rings is 1. The number of anilines is 1. The van der Waals surface area contributed by atoms with Crippen LogP contribution in [0.15, 0.2) is 12.1 Å². The molecule has 0 amide bonds. The average molecular weight is 293 g/mol. The van der Waals surface area contributed by atoms with Crippen LogP contribution >= 0.6 is 0 Å². The first-order valence-electron chi connectivity index (χ1n) is 7.10. The number of hydrogen-bond acceptors (Lipinski definition) is 6. The first-order chi connectivity index (χ1) is 10.0. The molecule has 0 N–H and O–H groups in total. The van der Waals surface area contributed by atoms with Crippen molar-refractivity contribution in [2.75, 3.05) is 18.1 Å². The van der Waals surface area contributed by atoms with E-state index in [0.717, 1.165) is 19.3 Å². The van der Waals surface area contributed by atoms with E-state index in [2.05, 4.69) is 4.98 Å². The molecular formula is C14H19N3O4. The molecule has 7 nitrogen and oxygen atoms in total. The van der Waals surface area contributed by atoms with Crippen molar-refractivity contribution in [1.82, 2.24) is 4.98 Å². The number of rotatable bonds is 4. The molecule has 2 rings (SSSR count). The third-order valence-electron chi connectivity index (χ3n) is 3.60. The Morgan fingerprint density at radius 2 is 2.29 bits per heavy atom. The summed E-state index contributed by atoms with van der Waals surface area (Å²) in [5.74, 6) is 0.339. The van der Waals surface area contributed by atoms with Gasteiger partial charge in [0.15, 0.2) is 0 Å². The Bertz CT molecular complexity index is 547. The molecule has 0 radical (unpaired) electrons. The summed E-state index contributed by atoms with van der Waals surface area (Å²) >= 11 is 0. The quantitative estimate of drug-likeness (QED) is 0.480. The molecule has 1 saturated heterocycles. The van der Waals surface area contributed by atoms with Gasteiger partial charge in [0.25, 0.3) is 5.69 Å². The summed E-state index contributed by atoms with van der Waals surface area (Å²) in [5, 5.41) is 10.8. The van der Waals surface area contributed by atoms with Gasteiger partial charge >= 0.3 is 5.97 Å². The van der Waals surface area contributed by atoms with E-state index in [1.54, 1.807) is 19.9 Å². The first-order valence-corrected chi connectivity index (χ1v) is 7.10. The van der Waals surface area contributed by atoms with Gasteiger partial charge in [-0.05, 0) is 39.2 Å². The Morgan fingerprint density at radius 3 is 2.90 bits per heavy atom. The number of aromatic nitrogens is 1. The number of carbonyl (C=O) groups is 1. The highest BCUT2D eigenvalue weighted by atomic mass is 16.6. The van der Waals surface area contributed by atoms with Crippen molar-refractivity contribution in [2.24, 2.45) is 0 Å². The van der Waals surface area contributed by atoms with Crippen molar-refractivity contribution >= 4 is 17.5 Å². The molecule has 1 atom stereocenters. The van der Waals surface area contributed by atoms with Crippen LogP contribution in [-0.2, 0) is 9.53 Å². The van der Waals surface area contributed by atoms with E-state index in [9.17, 15) is 14.9 Å². The number of nitro groups is 1. The molecule has 0 aromatic carbocycles. The van der Waals surface area contributed by atoms with Crippen molar-refractivity contribution in [3.05, 3.63) is 27.9 Å². The molecule has 114 valence electrons. The predicted molar refractivity (Wildman–Crippen MR) is 77.2 cm³/mol. The molecule has 7 heteroatoms. The second-order valence-electron chi connectivity index (χ2n) is 4.99. The van der Waals surface area contributed by atoms with Gasteiger partial charge in [0, 0.05) is 12.6 Å². The number of pyridine rings is 1. The summed E-state index contributed by atoms with van der Waals surface area (Å²) in [7, 11) is 0. The standard InChI is InChI=1S/C14H19N3O4/c1-3-21-14(18)12-6-4-5-9-16(12)13-8-7-11(17(19)20)10(2)15-13/h7-8,12H,3-6,9H2,1-2H3. The maximum absolute atomic E-state index is 12.0. The highest BCUT2D eigenvalue weighted by Crippen LogP contribution is 2.27. The van der Waals surface area contributed by atoms with Gasteiger partial charge in [-0.3, -0.25) is 10.1 Å². The van der Waals surface area contributed by atoms with Gasteiger partial charge in [0.2, 0.25) is 0 Å². The SMILES string of the molecule is CCOC(=O)C1CCCCN1c1ccc([N+](=O)[O-])c(C)n1. The monoisotopic (exact) mass is 293 g/mol. The molecule has 0 spiro atoms. The predicted octanol–water partition coefficient (Wildman–Crippen LogP) is 2.22. The number of esters is 1. The lowest BCUT2D eigenvalue weighted by Crippen LogP contribution is -2.46. The zero-order chi connectivity index (χ0) is 15.4. The normalized spacial score (nSPS) is 18.4. The van der Waals surface area contributed by atoms with Crippen molar-refractivity contribution in [2.45, 2.75) is 39.2 Å². The molecule has 0 bridgehead atoms. The molecule has 21 heavy (non-hydrogen) atoms. The zero-order valence-corrected chi connectivity index (χ0v) is 12.2. The fraction of sp³-hybridized carbons (Fsp3) is 0.571. The molecule has 1 aromatic heterocycles. The maximum atomic E-state index is 12.0. The third-order valence-corrected chi connectivity index (χ3v) is 3.60. The number of hydrogen-bond donors (Lipinski definition) is 0. The second kappa shape index (κ2) is 6.51. The van der Waals surface area contributed by atoms with Crippen molar-refractivity contribution in [1.29, 1.82) is 0 Å². The van der Waals surface area contributed by atoms with E-state index in [1.807, 2.05) is 4.90 Å². The van der Waals surface area contributed by atoms with Crippen LogP contribution in [0.25, 0.3) is 0 Å². The van der Waals surface area contributed by atoms with Gasteiger partial charge in [-0.1, -0.05) is 0 Å². The average Bonchev–Trinajstić information content (AvgIpc) is 2.47. The molecular weight excluding hydrogens is 274 g/mol. The first kappa shape index (κ1) is 15.2. The molecule has 0 saturated carbocycles. The third kappa shape index (κ3) is 3.29. The minimum Gasteiger partial charge on any atom is -0.464 e. The Morgan fingerprint density at radius 1 is 1.52 bits per heavy atom. The minimum absolute atomic E-state index is 0.0107. The Kier molecular flexibility index (Phi) is 4.72. The van der Waals surface area contributed by atoms with Gasteiger partial charge in [0.1, 0.15) is 17.6 Å². The maximum Gasteiger partial charge on any atom is 0.328 e. The van der Waals surface area contributed by atoms with E-state index in [1.165, 1.54) is 6.07 Å². The van der Waals surface area contributed by atoms with Crippen molar-refractivity contribution in [3.8, 4) is 0 Å². The summed E-state index contributed by atoms with van der Waals surface area (Å²) < 4.78 is 5.11. The fourth-order valence-electron chi connectivity index (χ4n) is 2.58. The van der Waals surface area contributed by atoms with Crippen LogP contribution in [0.3, 0.4) is 0 Å². The van der Waals surface area contributed by atoms with Crippen LogP contribution in [0.1, 0.15) is 31.9 Å². The van der Waals surface area contributed by atoms with Crippen LogP contribution in [-0.4, -0.2) is 35.1 Å².